The standard InChI is InChI=1S/C17H21N7OS/c1-12(14-11-26-13(2)20-14)19-17(25)23-9-7-22(8-10-23)16-4-3-15-18-5-6-24(15)21-16/h3-6,11-12H,7-10H2,1-2H3,(H,19,25). The molecule has 1 aliphatic rings. The normalized spacial score (nSPS) is 16.1. The minimum absolute atomic E-state index is 0.0409. The molecule has 1 N–H and O–H groups in total. The molecule has 0 bridgehead atoms. The van der Waals surface area contributed by atoms with Gasteiger partial charge in [0.15, 0.2) is 5.65 Å². The second-order valence-electron chi connectivity index (χ2n) is 6.36. The van der Waals surface area contributed by atoms with Gasteiger partial charge >= 0.3 is 6.03 Å². The van der Waals surface area contributed by atoms with E-state index in [0.717, 1.165) is 35.3 Å². The maximum Gasteiger partial charge on any atom is 0.318 e. The van der Waals surface area contributed by atoms with Crippen LogP contribution in [-0.4, -0.2) is 56.7 Å². The summed E-state index contributed by atoms with van der Waals surface area (Å²) in [7, 11) is 0. The van der Waals surface area contributed by atoms with Crippen molar-refractivity contribution in [2.75, 3.05) is 31.1 Å². The molecule has 1 aliphatic heterocycles. The van der Waals surface area contributed by atoms with E-state index in [1.807, 2.05) is 42.5 Å². The molecule has 0 spiro atoms. The molecule has 1 atom stereocenters. The predicted octanol–water partition coefficient (Wildman–Crippen LogP) is 2.09. The highest BCUT2D eigenvalue weighted by molar-refractivity contribution is 7.09. The minimum atomic E-state index is -0.0872. The van der Waals surface area contributed by atoms with E-state index in [4.69, 9.17) is 0 Å². The summed E-state index contributed by atoms with van der Waals surface area (Å²) in [6.07, 6.45) is 3.57. The van der Waals surface area contributed by atoms with E-state index in [0.29, 0.717) is 13.1 Å². The number of carbonyl (C=O) groups excluding carboxylic acids is 1. The van der Waals surface area contributed by atoms with E-state index in [2.05, 4.69) is 25.3 Å². The van der Waals surface area contributed by atoms with Crippen LogP contribution in [0.1, 0.15) is 23.7 Å². The molecule has 0 radical (unpaired) electrons. The first-order valence-corrected chi connectivity index (χ1v) is 9.51. The van der Waals surface area contributed by atoms with Crippen molar-refractivity contribution in [3.63, 3.8) is 0 Å². The molecule has 3 aromatic heterocycles. The minimum Gasteiger partial charge on any atom is -0.352 e. The van der Waals surface area contributed by atoms with Gasteiger partial charge in [-0.25, -0.2) is 19.3 Å². The highest BCUT2D eigenvalue weighted by Crippen LogP contribution is 2.17. The first-order chi connectivity index (χ1) is 12.6. The summed E-state index contributed by atoms with van der Waals surface area (Å²) in [6, 6.07) is 3.81. The monoisotopic (exact) mass is 371 g/mol. The summed E-state index contributed by atoms with van der Waals surface area (Å²) in [5.41, 5.74) is 1.75. The molecule has 1 fully saturated rings. The first kappa shape index (κ1) is 16.8. The van der Waals surface area contributed by atoms with E-state index in [9.17, 15) is 4.79 Å². The maximum atomic E-state index is 12.5. The van der Waals surface area contributed by atoms with Gasteiger partial charge in [0.2, 0.25) is 0 Å². The number of aromatic nitrogens is 4. The lowest BCUT2D eigenvalue weighted by Gasteiger charge is -2.35. The lowest BCUT2D eigenvalue weighted by Crippen LogP contribution is -2.52. The van der Waals surface area contributed by atoms with Gasteiger partial charge in [-0.1, -0.05) is 0 Å². The van der Waals surface area contributed by atoms with Crippen LogP contribution in [-0.2, 0) is 0 Å². The lowest BCUT2D eigenvalue weighted by molar-refractivity contribution is 0.191. The number of urea groups is 1. The molecule has 3 aromatic rings. The largest absolute Gasteiger partial charge is 0.352 e. The average molecular weight is 371 g/mol. The van der Waals surface area contributed by atoms with Crippen LogP contribution in [0.15, 0.2) is 29.9 Å². The number of anilines is 1. The number of hydrogen-bond donors (Lipinski definition) is 1. The van der Waals surface area contributed by atoms with Crippen LogP contribution in [0, 0.1) is 6.92 Å². The summed E-state index contributed by atoms with van der Waals surface area (Å²) in [5, 5.41) is 10.6. The zero-order valence-corrected chi connectivity index (χ0v) is 15.6. The van der Waals surface area contributed by atoms with Crippen LogP contribution in [0.25, 0.3) is 5.65 Å². The Balaban J connectivity index is 1.34. The Labute approximate surface area is 155 Å². The van der Waals surface area contributed by atoms with E-state index in [-0.39, 0.29) is 12.1 Å². The summed E-state index contributed by atoms with van der Waals surface area (Å²) in [6.45, 7) is 6.77. The number of thiazole rings is 1. The van der Waals surface area contributed by atoms with E-state index in [1.54, 1.807) is 22.0 Å². The van der Waals surface area contributed by atoms with Gasteiger partial charge in [0.25, 0.3) is 0 Å². The number of carbonyl (C=O) groups is 1. The molecular formula is C17H21N7OS. The SMILES string of the molecule is Cc1nc(C(C)NC(=O)N2CCN(c3ccc4nccn4n3)CC2)cs1. The van der Waals surface area contributed by atoms with Gasteiger partial charge in [0, 0.05) is 44.0 Å². The molecule has 0 aromatic carbocycles. The number of aryl methyl sites for hydroxylation is 1. The number of rotatable bonds is 3. The number of fused-ring (bicyclic) bond motifs is 1. The van der Waals surface area contributed by atoms with Gasteiger partial charge in [-0.3, -0.25) is 0 Å². The van der Waals surface area contributed by atoms with Crippen LogP contribution < -0.4 is 10.2 Å². The molecule has 1 unspecified atom stereocenters. The van der Waals surface area contributed by atoms with Gasteiger partial charge in [-0.2, -0.15) is 0 Å². The van der Waals surface area contributed by atoms with Crippen molar-refractivity contribution in [2.24, 2.45) is 0 Å². The summed E-state index contributed by atoms with van der Waals surface area (Å²) >= 11 is 1.60. The number of piperazine rings is 1. The Hall–Kier alpha value is -2.68. The molecular weight excluding hydrogens is 350 g/mol. The fourth-order valence-electron chi connectivity index (χ4n) is 3.04. The average Bonchev–Trinajstić information content (AvgIpc) is 3.29. The van der Waals surface area contributed by atoms with E-state index < -0.39 is 0 Å². The number of amides is 2. The molecule has 4 heterocycles. The predicted molar refractivity (Wildman–Crippen MR) is 101 cm³/mol. The molecule has 4 rings (SSSR count). The highest BCUT2D eigenvalue weighted by Gasteiger charge is 2.23. The zero-order valence-electron chi connectivity index (χ0n) is 14.8. The Morgan fingerprint density at radius 3 is 2.81 bits per heavy atom. The quantitative estimate of drug-likeness (QED) is 0.763. The number of hydrogen-bond acceptors (Lipinski definition) is 6. The first-order valence-electron chi connectivity index (χ1n) is 8.63. The Morgan fingerprint density at radius 2 is 2.08 bits per heavy atom. The molecule has 1 saturated heterocycles. The van der Waals surface area contributed by atoms with E-state index >= 15 is 0 Å². The van der Waals surface area contributed by atoms with Crippen LogP contribution >= 0.6 is 11.3 Å². The third-order valence-corrected chi connectivity index (χ3v) is 5.34. The van der Waals surface area contributed by atoms with Gasteiger partial charge in [-0.15, -0.1) is 16.4 Å². The second-order valence-corrected chi connectivity index (χ2v) is 7.42. The lowest BCUT2D eigenvalue weighted by atomic mass is 10.2. The third kappa shape index (κ3) is 3.34. The van der Waals surface area contributed by atoms with Crippen molar-refractivity contribution in [1.82, 2.24) is 29.8 Å². The Morgan fingerprint density at radius 1 is 1.27 bits per heavy atom. The van der Waals surface area contributed by atoms with Crippen molar-refractivity contribution < 1.29 is 4.79 Å². The number of nitrogens with one attached hydrogen (secondary N) is 1. The number of imidazole rings is 1. The Bertz CT molecular complexity index is 913. The van der Waals surface area contributed by atoms with Crippen LogP contribution in [0.4, 0.5) is 10.6 Å². The topological polar surface area (TPSA) is 78.7 Å². The zero-order chi connectivity index (χ0) is 18.1. The van der Waals surface area contributed by atoms with Crippen molar-refractivity contribution in [3.05, 3.63) is 40.6 Å². The third-order valence-electron chi connectivity index (χ3n) is 4.55. The molecule has 136 valence electrons. The Kier molecular flexibility index (Phi) is 4.46. The summed E-state index contributed by atoms with van der Waals surface area (Å²) in [5.74, 6) is 0.905. The molecule has 0 aliphatic carbocycles. The van der Waals surface area contributed by atoms with Crippen LogP contribution in [0.2, 0.25) is 0 Å². The molecule has 2 amide bonds. The summed E-state index contributed by atoms with van der Waals surface area (Å²) in [4.78, 5) is 25.2. The number of nitrogens with zero attached hydrogens (tertiary/aromatic N) is 6. The van der Waals surface area contributed by atoms with Crippen LogP contribution in [0.3, 0.4) is 0 Å². The van der Waals surface area contributed by atoms with Gasteiger partial charge in [0.1, 0.15) is 5.82 Å². The van der Waals surface area contributed by atoms with Crippen molar-refractivity contribution in [2.45, 2.75) is 19.9 Å². The van der Waals surface area contributed by atoms with Crippen LogP contribution in [0.5, 0.6) is 0 Å². The van der Waals surface area contributed by atoms with Crippen molar-refractivity contribution in [1.29, 1.82) is 0 Å². The summed E-state index contributed by atoms with van der Waals surface area (Å²) < 4.78 is 1.77. The van der Waals surface area contributed by atoms with E-state index in [1.165, 1.54) is 0 Å². The van der Waals surface area contributed by atoms with Crippen molar-refractivity contribution in [3.8, 4) is 0 Å². The fraction of sp³-hybridized carbons (Fsp3) is 0.412. The molecule has 0 saturated carbocycles. The maximum absolute atomic E-state index is 12.5. The molecule has 8 nitrogen and oxygen atoms in total. The van der Waals surface area contributed by atoms with Crippen molar-refractivity contribution >= 4 is 28.8 Å². The smallest absolute Gasteiger partial charge is 0.318 e. The van der Waals surface area contributed by atoms with Gasteiger partial charge in [0.05, 0.1) is 16.7 Å². The highest BCUT2D eigenvalue weighted by atomic mass is 32.1. The van der Waals surface area contributed by atoms with Gasteiger partial charge in [-0.05, 0) is 26.0 Å². The molecule has 26 heavy (non-hydrogen) atoms. The fourth-order valence-corrected chi connectivity index (χ4v) is 3.75. The molecule has 9 heteroatoms. The second kappa shape index (κ2) is 6.91. The van der Waals surface area contributed by atoms with Gasteiger partial charge < -0.3 is 15.1 Å².